The standard InChI is InChI=1S/C18H14N4O2/c1-12-6-7-16-20-13(8-17(23)22(16)10-12)11-21-15-5-3-2-4-14(15)19-9-18(21)24/h2-10H,11H2,1H3. The number of pyridine rings is 1. The van der Waals surface area contributed by atoms with Crippen LogP contribution in [0.4, 0.5) is 0 Å². The highest BCUT2D eigenvalue weighted by Crippen LogP contribution is 2.10. The summed E-state index contributed by atoms with van der Waals surface area (Å²) in [6, 6.07) is 12.6. The first-order valence-corrected chi connectivity index (χ1v) is 7.55. The molecule has 0 aliphatic heterocycles. The third kappa shape index (κ3) is 2.38. The van der Waals surface area contributed by atoms with Crippen LogP contribution in [0, 0.1) is 6.92 Å². The van der Waals surface area contributed by atoms with Gasteiger partial charge in [0.2, 0.25) is 0 Å². The van der Waals surface area contributed by atoms with Crippen LogP contribution in [0.15, 0.2) is 64.4 Å². The minimum Gasteiger partial charge on any atom is -0.299 e. The van der Waals surface area contributed by atoms with E-state index < -0.39 is 0 Å². The lowest BCUT2D eigenvalue weighted by Gasteiger charge is -2.10. The summed E-state index contributed by atoms with van der Waals surface area (Å²) in [5, 5.41) is 0. The normalized spacial score (nSPS) is 11.2. The monoisotopic (exact) mass is 318 g/mol. The zero-order valence-corrected chi connectivity index (χ0v) is 13.0. The van der Waals surface area contributed by atoms with Crippen molar-refractivity contribution in [2.75, 3.05) is 0 Å². The predicted molar refractivity (Wildman–Crippen MR) is 91.3 cm³/mol. The van der Waals surface area contributed by atoms with E-state index in [0.717, 1.165) is 16.6 Å². The molecule has 0 spiro atoms. The molecule has 0 aliphatic carbocycles. The Kier molecular flexibility index (Phi) is 3.23. The summed E-state index contributed by atoms with van der Waals surface area (Å²) >= 11 is 0. The van der Waals surface area contributed by atoms with E-state index in [1.807, 2.05) is 37.3 Å². The van der Waals surface area contributed by atoms with Crippen molar-refractivity contribution in [2.24, 2.45) is 0 Å². The zero-order valence-electron chi connectivity index (χ0n) is 13.0. The van der Waals surface area contributed by atoms with Crippen molar-refractivity contribution in [3.63, 3.8) is 0 Å². The molecule has 0 saturated carbocycles. The summed E-state index contributed by atoms with van der Waals surface area (Å²) in [6.07, 6.45) is 3.04. The van der Waals surface area contributed by atoms with E-state index in [1.54, 1.807) is 16.8 Å². The van der Waals surface area contributed by atoms with Crippen LogP contribution in [0.2, 0.25) is 0 Å². The quantitative estimate of drug-likeness (QED) is 0.565. The van der Waals surface area contributed by atoms with E-state index >= 15 is 0 Å². The highest BCUT2D eigenvalue weighted by atomic mass is 16.1. The first kappa shape index (κ1) is 14.3. The van der Waals surface area contributed by atoms with E-state index in [2.05, 4.69) is 9.97 Å². The van der Waals surface area contributed by atoms with Crippen LogP contribution in [0.1, 0.15) is 11.3 Å². The number of hydrogen-bond donors (Lipinski definition) is 0. The summed E-state index contributed by atoms with van der Waals surface area (Å²) in [6.45, 7) is 2.14. The van der Waals surface area contributed by atoms with Gasteiger partial charge in [-0.05, 0) is 30.7 Å². The lowest BCUT2D eigenvalue weighted by atomic mass is 10.2. The second kappa shape index (κ2) is 5.42. The predicted octanol–water partition coefficient (Wildman–Crippen LogP) is 1.76. The third-order valence-electron chi connectivity index (χ3n) is 3.93. The van der Waals surface area contributed by atoms with Crippen LogP contribution < -0.4 is 11.1 Å². The number of hydrogen-bond acceptors (Lipinski definition) is 4. The summed E-state index contributed by atoms with van der Waals surface area (Å²) < 4.78 is 3.08. The molecule has 6 nitrogen and oxygen atoms in total. The molecule has 0 aliphatic rings. The fraction of sp³-hybridized carbons (Fsp3) is 0.111. The molecule has 0 unspecified atom stereocenters. The SMILES string of the molecule is Cc1ccc2nc(Cn3c(=O)cnc4ccccc43)cc(=O)n2c1. The summed E-state index contributed by atoms with van der Waals surface area (Å²) in [7, 11) is 0. The second-order valence-corrected chi connectivity index (χ2v) is 5.69. The van der Waals surface area contributed by atoms with Crippen molar-refractivity contribution in [2.45, 2.75) is 13.5 Å². The Bertz CT molecular complexity index is 1190. The summed E-state index contributed by atoms with van der Waals surface area (Å²) in [5.41, 5.74) is 3.15. The highest BCUT2D eigenvalue weighted by molar-refractivity contribution is 5.74. The third-order valence-corrected chi connectivity index (χ3v) is 3.93. The van der Waals surface area contributed by atoms with Gasteiger partial charge in [0.1, 0.15) is 5.65 Å². The number of para-hydroxylation sites is 2. The first-order valence-electron chi connectivity index (χ1n) is 7.55. The average Bonchev–Trinajstić information content (AvgIpc) is 2.58. The summed E-state index contributed by atoms with van der Waals surface area (Å²) in [5.74, 6) is 0. The van der Waals surface area contributed by atoms with Gasteiger partial charge in [-0.1, -0.05) is 18.2 Å². The minimum atomic E-state index is -0.223. The molecule has 0 fully saturated rings. The molecular weight excluding hydrogens is 304 g/mol. The molecule has 0 N–H and O–H groups in total. The van der Waals surface area contributed by atoms with E-state index in [1.165, 1.54) is 16.7 Å². The number of aromatic nitrogens is 4. The van der Waals surface area contributed by atoms with Crippen LogP contribution >= 0.6 is 0 Å². The second-order valence-electron chi connectivity index (χ2n) is 5.69. The van der Waals surface area contributed by atoms with Crippen molar-refractivity contribution < 1.29 is 0 Å². The van der Waals surface area contributed by atoms with Crippen molar-refractivity contribution in [1.29, 1.82) is 0 Å². The number of aryl methyl sites for hydroxylation is 1. The van der Waals surface area contributed by atoms with Crippen LogP contribution in [0.3, 0.4) is 0 Å². The molecule has 0 bridgehead atoms. The number of benzene rings is 1. The van der Waals surface area contributed by atoms with Crippen LogP contribution in [-0.4, -0.2) is 18.9 Å². The Morgan fingerprint density at radius 1 is 1.04 bits per heavy atom. The van der Waals surface area contributed by atoms with Gasteiger partial charge in [0.15, 0.2) is 0 Å². The van der Waals surface area contributed by atoms with Crippen molar-refractivity contribution in [1.82, 2.24) is 18.9 Å². The molecule has 4 rings (SSSR count). The van der Waals surface area contributed by atoms with Gasteiger partial charge in [-0.15, -0.1) is 0 Å². The van der Waals surface area contributed by atoms with E-state index in [-0.39, 0.29) is 17.7 Å². The molecular formula is C18H14N4O2. The molecule has 24 heavy (non-hydrogen) atoms. The lowest BCUT2D eigenvalue weighted by Crippen LogP contribution is -2.23. The first-order chi connectivity index (χ1) is 11.6. The zero-order chi connectivity index (χ0) is 16.7. The Hall–Kier alpha value is -3.28. The maximum absolute atomic E-state index is 12.3. The maximum atomic E-state index is 12.3. The summed E-state index contributed by atoms with van der Waals surface area (Å²) in [4.78, 5) is 33.2. The van der Waals surface area contributed by atoms with Gasteiger partial charge in [0.05, 0.1) is 29.5 Å². The van der Waals surface area contributed by atoms with Crippen LogP contribution in [0.5, 0.6) is 0 Å². The van der Waals surface area contributed by atoms with Crippen molar-refractivity contribution >= 4 is 16.7 Å². The van der Waals surface area contributed by atoms with Gasteiger partial charge in [0.25, 0.3) is 11.1 Å². The largest absolute Gasteiger partial charge is 0.299 e. The molecule has 0 radical (unpaired) electrons. The van der Waals surface area contributed by atoms with Gasteiger partial charge in [0, 0.05) is 12.3 Å². The molecule has 3 heterocycles. The number of rotatable bonds is 2. The number of fused-ring (bicyclic) bond motifs is 2. The molecule has 3 aromatic heterocycles. The maximum Gasteiger partial charge on any atom is 0.269 e. The van der Waals surface area contributed by atoms with Crippen molar-refractivity contribution in [3.05, 3.63) is 86.8 Å². The van der Waals surface area contributed by atoms with E-state index in [0.29, 0.717) is 11.3 Å². The lowest BCUT2D eigenvalue weighted by molar-refractivity contribution is 0.760. The Morgan fingerprint density at radius 2 is 1.88 bits per heavy atom. The molecule has 0 atom stereocenters. The molecule has 1 aromatic carbocycles. The molecule has 4 aromatic rings. The number of nitrogens with zero attached hydrogens (tertiary/aromatic N) is 4. The van der Waals surface area contributed by atoms with Gasteiger partial charge < -0.3 is 0 Å². The van der Waals surface area contributed by atoms with Gasteiger partial charge >= 0.3 is 0 Å². The Morgan fingerprint density at radius 3 is 2.75 bits per heavy atom. The van der Waals surface area contributed by atoms with Crippen LogP contribution in [0.25, 0.3) is 16.7 Å². The molecule has 118 valence electrons. The van der Waals surface area contributed by atoms with E-state index in [9.17, 15) is 9.59 Å². The molecule has 6 heteroatoms. The average molecular weight is 318 g/mol. The Labute approximate surface area is 136 Å². The highest BCUT2D eigenvalue weighted by Gasteiger charge is 2.08. The molecule has 0 saturated heterocycles. The smallest absolute Gasteiger partial charge is 0.269 e. The van der Waals surface area contributed by atoms with Gasteiger partial charge in [-0.25, -0.2) is 9.97 Å². The fourth-order valence-electron chi connectivity index (χ4n) is 2.78. The van der Waals surface area contributed by atoms with Gasteiger partial charge in [-0.2, -0.15) is 0 Å². The van der Waals surface area contributed by atoms with Crippen molar-refractivity contribution in [3.8, 4) is 0 Å². The van der Waals surface area contributed by atoms with E-state index in [4.69, 9.17) is 0 Å². The Balaban J connectivity index is 1.89. The molecule has 0 amide bonds. The topological polar surface area (TPSA) is 69.3 Å². The van der Waals surface area contributed by atoms with Gasteiger partial charge in [-0.3, -0.25) is 18.6 Å². The minimum absolute atomic E-state index is 0.162. The fourth-order valence-corrected chi connectivity index (χ4v) is 2.78. The van der Waals surface area contributed by atoms with Crippen LogP contribution in [-0.2, 0) is 6.54 Å².